The normalized spacial score (nSPS) is 27.8. The maximum absolute atomic E-state index is 14.5. The lowest BCUT2D eigenvalue weighted by atomic mass is 9.70. The first-order valence-corrected chi connectivity index (χ1v) is 13.2. The second kappa shape index (κ2) is 11.2. The van der Waals surface area contributed by atoms with Gasteiger partial charge in [-0.3, -0.25) is 14.4 Å². The van der Waals surface area contributed by atoms with Gasteiger partial charge in [0.1, 0.15) is 18.2 Å². The number of rotatable bonds is 12. The zero-order valence-corrected chi connectivity index (χ0v) is 21.9. The van der Waals surface area contributed by atoms with E-state index in [2.05, 4.69) is 13.2 Å². The van der Waals surface area contributed by atoms with E-state index in [9.17, 15) is 19.5 Å². The summed E-state index contributed by atoms with van der Waals surface area (Å²) in [5.41, 5.74) is 1.65. The molecule has 0 radical (unpaired) electrons. The Bertz CT molecular complexity index is 1070. The van der Waals surface area contributed by atoms with Crippen molar-refractivity contribution < 1.29 is 29.0 Å². The quantitative estimate of drug-likeness (QED) is 0.264. The summed E-state index contributed by atoms with van der Waals surface area (Å²) in [7, 11) is 0. The molecule has 1 aromatic carbocycles. The third-order valence-corrected chi connectivity index (χ3v) is 7.94. The summed E-state index contributed by atoms with van der Waals surface area (Å²) in [6, 6.07) is 5.08. The van der Waals surface area contributed by atoms with Gasteiger partial charge < -0.3 is 24.4 Å². The number of amides is 2. The number of hydrogen-bond acceptors (Lipinski definition) is 6. The Hall–Kier alpha value is -2.97. The molecule has 37 heavy (non-hydrogen) atoms. The number of unbranched alkanes of at least 4 members (excludes halogenated alkanes) is 2. The molecule has 3 saturated heterocycles. The van der Waals surface area contributed by atoms with Crippen LogP contribution in [0.15, 0.2) is 43.5 Å². The van der Waals surface area contributed by atoms with E-state index in [1.807, 2.05) is 32.0 Å². The van der Waals surface area contributed by atoms with Gasteiger partial charge in [0.2, 0.25) is 5.91 Å². The molecule has 2 amide bonds. The van der Waals surface area contributed by atoms with Gasteiger partial charge in [-0.15, -0.1) is 6.58 Å². The Morgan fingerprint density at radius 3 is 2.73 bits per heavy atom. The van der Waals surface area contributed by atoms with Gasteiger partial charge in [0.15, 0.2) is 0 Å². The Morgan fingerprint density at radius 1 is 1.24 bits per heavy atom. The van der Waals surface area contributed by atoms with Gasteiger partial charge in [0, 0.05) is 25.4 Å². The molecule has 1 N–H and O–H groups in total. The fourth-order valence-corrected chi connectivity index (χ4v) is 6.34. The molecule has 0 aliphatic carbocycles. The molecule has 8 nitrogen and oxygen atoms in total. The molecule has 200 valence electrons. The molecular formula is C29H38N2O6. The van der Waals surface area contributed by atoms with E-state index in [-0.39, 0.29) is 31.6 Å². The second-order valence-electron chi connectivity index (χ2n) is 10.3. The number of hydrogen-bond donors (Lipinski definition) is 1. The van der Waals surface area contributed by atoms with Gasteiger partial charge in [-0.2, -0.15) is 0 Å². The smallest absolute Gasteiger partial charge is 0.312 e. The van der Waals surface area contributed by atoms with E-state index >= 15 is 0 Å². The van der Waals surface area contributed by atoms with Crippen LogP contribution >= 0.6 is 0 Å². The van der Waals surface area contributed by atoms with Gasteiger partial charge >= 0.3 is 5.97 Å². The number of ether oxygens (including phenoxy) is 2. The number of benzene rings is 1. The number of fused-ring (bicyclic) bond motifs is 1. The summed E-state index contributed by atoms with van der Waals surface area (Å²) < 4.78 is 11.8. The fraction of sp³-hybridized carbons (Fsp3) is 0.552. The topological polar surface area (TPSA) is 96.4 Å². The van der Waals surface area contributed by atoms with Crippen molar-refractivity contribution in [1.29, 1.82) is 0 Å². The Labute approximate surface area is 218 Å². The molecule has 5 atom stereocenters. The van der Waals surface area contributed by atoms with Crippen LogP contribution in [-0.2, 0) is 23.9 Å². The van der Waals surface area contributed by atoms with Crippen molar-refractivity contribution in [2.75, 3.05) is 31.2 Å². The predicted octanol–water partition coefficient (Wildman–Crippen LogP) is 3.09. The fourth-order valence-electron chi connectivity index (χ4n) is 6.34. The van der Waals surface area contributed by atoms with E-state index in [1.165, 1.54) is 6.08 Å². The number of aliphatic hydroxyl groups is 1. The monoisotopic (exact) mass is 510 g/mol. The van der Waals surface area contributed by atoms with Gasteiger partial charge in [0.25, 0.3) is 5.91 Å². The highest BCUT2D eigenvalue weighted by molar-refractivity contribution is 6.05. The highest BCUT2D eigenvalue weighted by atomic mass is 16.6. The van der Waals surface area contributed by atoms with Crippen LogP contribution in [0.5, 0.6) is 0 Å². The summed E-state index contributed by atoms with van der Waals surface area (Å²) in [6.45, 7) is 12.2. The van der Waals surface area contributed by atoms with Crippen LogP contribution < -0.4 is 4.90 Å². The van der Waals surface area contributed by atoms with E-state index in [0.29, 0.717) is 32.2 Å². The zero-order chi connectivity index (χ0) is 26.7. The van der Waals surface area contributed by atoms with Crippen molar-refractivity contribution in [3.05, 3.63) is 54.6 Å². The standard InChI is InChI=1S/C29H38N2O6/c1-5-14-30(21-18-19(3)10-11-20(21)4)27(34)25-29-13-12-22(37-29)23(28(35)36-17-6-2)24(29)26(33)31(25)15-8-7-9-16-32/h5-6,10-11,18,22-25,32H,1-2,7-9,12-17H2,3-4H3/t22-,23+,24+,25?,29?/m1/s1. The number of nitrogens with zero attached hydrogens (tertiary/aromatic N) is 2. The van der Waals surface area contributed by atoms with Crippen molar-refractivity contribution in [3.63, 3.8) is 0 Å². The average molecular weight is 511 g/mol. The summed E-state index contributed by atoms with van der Waals surface area (Å²) >= 11 is 0. The van der Waals surface area contributed by atoms with Crippen molar-refractivity contribution in [2.24, 2.45) is 11.8 Å². The van der Waals surface area contributed by atoms with Crippen LogP contribution in [0.4, 0.5) is 5.69 Å². The number of esters is 1. The van der Waals surface area contributed by atoms with Crippen LogP contribution in [-0.4, -0.2) is 71.8 Å². The number of likely N-dealkylation sites (tertiary alicyclic amines) is 1. The number of aliphatic hydroxyl groups excluding tert-OH is 1. The van der Waals surface area contributed by atoms with Crippen LogP contribution in [0, 0.1) is 25.7 Å². The van der Waals surface area contributed by atoms with Crippen LogP contribution in [0.25, 0.3) is 0 Å². The molecule has 4 rings (SSSR count). The predicted molar refractivity (Wildman–Crippen MR) is 140 cm³/mol. The SMILES string of the molecule is C=CCOC(=O)[C@@H]1[C@H]2C(=O)N(CCCCCO)C(C(=O)N(CC=C)c3cc(C)ccc3C)C23CC[C@H]1O3. The minimum Gasteiger partial charge on any atom is -0.461 e. The molecule has 0 saturated carbocycles. The molecule has 3 heterocycles. The van der Waals surface area contributed by atoms with Crippen LogP contribution in [0.3, 0.4) is 0 Å². The largest absolute Gasteiger partial charge is 0.461 e. The van der Waals surface area contributed by atoms with E-state index < -0.39 is 35.6 Å². The number of aryl methyl sites for hydroxylation is 2. The molecule has 3 fully saturated rings. The van der Waals surface area contributed by atoms with Crippen LogP contribution in [0.2, 0.25) is 0 Å². The molecule has 3 aliphatic rings. The lowest BCUT2D eigenvalue weighted by Crippen LogP contribution is -2.56. The summed E-state index contributed by atoms with van der Waals surface area (Å²) in [5, 5.41) is 9.21. The minimum absolute atomic E-state index is 0.0585. The number of carbonyl (C=O) groups is 3. The van der Waals surface area contributed by atoms with E-state index in [4.69, 9.17) is 9.47 Å². The maximum atomic E-state index is 14.5. The molecule has 0 aromatic heterocycles. The van der Waals surface area contributed by atoms with E-state index in [1.54, 1.807) is 15.9 Å². The number of anilines is 1. The third-order valence-electron chi connectivity index (χ3n) is 7.94. The minimum atomic E-state index is -1.08. The van der Waals surface area contributed by atoms with Crippen molar-refractivity contribution >= 4 is 23.5 Å². The molecule has 1 spiro atoms. The maximum Gasteiger partial charge on any atom is 0.312 e. The third kappa shape index (κ3) is 4.73. The second-order valence-corrected chi connectivity index (χ2v) is 10.3. The molecule has 2 bridgehead atoms. The molecule has 8 heteroatoms. The Morgan fingerprint density at radius 2 is 2.03 bits per heavy atom. The molecule has 2 unspecified atom stereocenters. The highest BCUT2D eigenvalue weighted by Gasteiger charge is 2.75. The molecular weight excluding hydrogens is 472 g/mol. The van der Waals surface area contributed by atoms with Gasteiger partial charge in [-0.1, -0.05) is 30.9 Å². The lowest BCUT2D eigenvalue weighted by molar-refractivity contribution is -0.154. The lowest BCUT2D eigenvalue weighted by Gasteiger charge is -2.37. The van der Waals surface area contributed by atoms with E-state index in [0.717, 1.165) is 23.2 Å². The van der Waals surface area contributed by atoms with Crippen molar-refractivity contribution in [1.82, 2.24) is 4.90 Å². The van der Waals surface area contributed by atoms with Crippen LogP contribution in [0.1, 0.15) is 43.2 Å². The first-order chi connectivity index (χ1) is 17.8. The molecule has 3 aliphatic heterocycles. The zero-order valence-electron chi connectivity index (χ0n) is 21.9. The van der Waals surface area contributed by atoms with Gasteiger partial charge in [-0.05, 0) is 63.1 Å². The Kier molecular flexibility index (Phi) is 8.19. The number of carbonyl (C=O) groups excluding carboxylic acids is 3. The first kappa shape index (κ1) is 27.1. The Balaban J connectivity index is 1.74. The first-order valence-electron chi connectivity index (χ1n) is 13.2. The van der Waals surface area contributed by atoms with Crippen molar-refractivity contribution in [2.45, 2.75) is 63.7 Å². The highest BCUT2D eigenvalue weighted by Crippen LogP contribution is 2.59. The van der Waals surface area contributed by atoms with Gasteiger partial charge in [0.05, 0.1) is 17.9 Å². The molecule has 1 aromatic rings. The van der Waals surface area contributed by atoms with Gasteiger partial charge in [-0.25, -0.2) is 0 Å². The summed E-state index contributed by atoms with van der Waals surface area (Å²) in [5.74, 6) is -2.44. The average Bonchev–Trinajstić information content (AvgIpc) is 3.52. The summed E-state index contributed by atoms with van der Waals surface area (Å²) in [4.78, 5) is 44.8. The van der Waals surface area contributed by atoms with Crippen molar-refractivity contribution in [3.8, 4) is 0 Å². The summed E-state index contributed by atoms with van der Waals surface area (Å²) in [6.07, 6.45) is 5.82.